The lowest BCUT2D eigenvalue weighted by molar-refractivity contribution is 0.0489. The van der Waals surface area contributed by atoms with Crippen LogP contribution >= 0.6 is 0 Å². The van der Waals surface area contributed by atoms with Gasteiger partial charge in [0.25, 0.3) is 0 Å². The van der Waals surface area contributed by atoms with Gasteiger partial charge >= 0.3 is 6.09 Å². The van der Waals surface area contributed by atoms with Crippen molar-refractivity contribution in [1.82, 2.24) is 10.6 Å². The van der Waals surface area contributed by atoms with Gasteiger partial charge in [0, 0.05) is 18.7 Å². The van der Waals surface area contributed by atoms with E-state index in [2.05, 4.69) is 10.6 Å². The molecule has 1 saturated heterocycles. The summed E-state index contributed by atoms with van der Waals surface area (Å²) >= 11 is 0. The number of carbonyl (C=O) groups is 1. The van der Waals surface area contributed by atoms with Crippen LogP contribution in [-0.2, 0) is 9.47 Å². The van der Waals surface area contributed by atoms with E-state index in [-0.39, 0.29) is 12.1 Å². The SMILES string of the molecule is CC(C)(C)OC(=O)NC1CCC(NCCC2CCCO2)CC1. The van der Waals surface area contributed by atoms with Gasteiger partial charge in [-0.25, -0.2) is 4.79 Å². The Morgan fingerprint density at radius 1 is 1.14 bits per heavy atom. The Morgan fingerprint density at radius 2 is 1.82 bits per heavy atom. The molecule has 128 valence electrons. The lowest BCUT2D eigenvalue weighted by atomic mass is 9.91. The minimum atomic E-state index is -0.425. The summed E-state index contributed by atoms with van der Waals surface area (Å²) in [5.74, 6) is 0. The van der Waals surface area contributed by atoms with Crippen molar-refractivity contribution in [3.8, 4) is 0 Å². The van der Waals surface area contributed by atoms with Crippen LogP contribution in [0.3, 0.4) is 0 Å². The molecule has 2 rings (SSSR count). The predicted octanol–water partition coefficient (Wildman–Crippen LogP) is 2.98. The van der Waals surface area contributed by atoms with Crippen molar-refractivity contribution < 1.29 is 14.3 Å². The number of nitrogens with one attached hydrogen (secondary N) is 2. The van der Waals surface area contributed by atoms with Gasteiger partial charge in [-0.05, 0) is 72.3 Å². The number of hydrogen-bond donors (Lipinski definition) is 2. The van der Waals surface area contributed by atoms with Gasteiger partial charge in [0.05, 0.1) is 6.10 Å². The topological polar surface area (TPSA) is 59.6 Å². The van der Waals surface area contributed by atoms with Crippen LogP contribution in [0.2, 0.25) is 0 Å². The molecule has 22 heavy (non-hydrogen) atoms. The smallest absolute Gasteiger partial charge is 0.407 e. The Balaban J connectivity index is 1.56. The Kier molecular flexibility index (Phi) is 6.50. The fourth-order valence-corrected chi connectivity index (χ4v) is 3.24. The Bertz CT molecular complexity index is 340. The quantitative estimate of drug-likeness (QED) is 0.819. The maximum Gasteiger partial charge on any atom is 0.407 e. The molecule has 0 bridgehead atoms. The summed E-state index contributed by atoms with van der Waals surface area (Å²) in [6.07, 6.45) is 8.02. The summed E-state index contributed by atoms with van der Waals surface area (Å²) in [5, 5.41) is 6.62. The van der Waals surface area contributed by atoms with E-state index in [4.69, 9.17) is 9.47 Å². The van der Waals surface area contributed by atoms with Gasteiger partial charge in [-0.2, -0.15) is 0 Å². The fraction of sp³-hybridized carbons (Fsp3) is 0.941. The highest BCUT2D eigenvalue weighted by molar-refractivity contribution is 5.68. The first kappa shape index (κ1) is 17.5. The number of amides is 1. The minimum Gasteiger partial charge on any atom is -0.444 e. The standard InChI is InChI=1S/C17H32N2O3/c1-17(2,3)22-16(20)19-14-8-6-13(7-9-14)18-11-10-15-5-4-12-21-15/h13-15,18H,4-12H2,1-3H3,(H,19,20). The normalized spacial score (nSPS) is 29.3. The van der Waals surface area contributed by atoms with E-state index in [1.54, 1.807) is 0 Å². The van der Waals surface area contributed by atoms with Crippen molar-refractivity contribution in [1.29, 1.82) is 0 Å². The molecule has 5 nitrogen and oxygen atoms in total. The van der Waals surface area contributed by atoms with Crippen LogP contribution in [0.1, 0.15) is 65.7 Å². The first-order valence-corrected chi connectivity index (χ1v) is 8.77. The van der Waals surface area contributed by atoms with Crippen molar-refractivity contribution >= 4 is 6.09 Å². The number of alkyl carbamates (subject to hydrolysis) is 1. The lowest BCUT2D eigenvalue weighted by Gasteiger charge is -2.30. The van der Waals surface area contributed by atoms with E-state index in [0.29, 0.717) is 12.1 Å². The molecule has 1 heterocycles. The molecule has 2 aliphatic rings. The predicted molar refractivity (Wildman–Crippen MR) is 87.0 cm³/mol. The highest BCUT2D eigenvalue weighted by Gasteiger charge is 2.24. The second-order valence-corrected chi connectivity index (χ2v) is 7.57. The van der Waals surface area contributed by atoms with Crippen molar-refractivity contribution in [2.24, 2.45) is 0 Å². The molecule has 1 aliphatic heterocycles. The lowest BCUT2D eigenvalue weighted by Crippen LogP contribution is -2.44. The summed E-state index contributed by atoms with van der Waals surface area (Å²) in [6.45, 7) is 7.65. The third kappa shape index (κ3) is 6.53. The molecule has 1 amide bonds. The van der Waals surface area contributed by atoms with E-state index in [9.17, 15) is 4.79 Å². The maximum atomic E-state index is 11.8. The molecule has 2 N–H and O–H groups in total. The van der Waals surface area contributed by atoms with Crippen LogP contribution in [-0.4, -0.2) is 43.0 Å². The van der Waals surface area contributed by atoms with Gasteiger partial charge in [0.15, 0.2) is 0 Å². The van der Waals surface area contributed by atoms with Gasteiger partial charge in [-0.3, -0.25) is 0 Å². The monoisotopic (exact) mass is 312 g/mol. The maximum absolute atomic E-state index is 11.8. The summed E-state index contributed by atoms with van der Waals surface area (Å²) in [4.78, 5) is 11.8. The third-order valence-corrected chi connectivity index (χ3v) is 4.37. The molecule has 1 unspecified atom stereocenters. The Labute approximate surface area is 134 Å². The van der Waals surface area contributed by atoms with E-state index in [1.807, 2.05) is 20.8 Å². The zero-order valence-corrected chi connectivity index (χ0v) is 14.3. The van der Waals surface area contributed by atoms with Gasteiger partial charge < -0.3 is 20.1 Å². The molecular formula is C17H32N2O3. The van der Waals surface area contributed by atoms with Gasteiger partial charge in [0.1, 0.15) is 5.60 Å². The van der Waals surface area contributed by atoms with Crippen LogP contribution in [0.4, 0.5) is 4.79 Å². The Morgan fingerprint density at radius 3 is 2.41 bits per heavy atom. The van der Waals surface area contributed by atoms with Gasteiger partial charge in [-0.1, -0.05) is 0 Å². The second kappa shape index (κ2) is 8.16. The molecule has 0 aromatic rings. The van der Waals surface area contributed by atoms with Gasteiger partial charge in [0.2, 0.25) is 0 Å². The molecule has 1 atom stereocenters. The first-order chi connectivity index (χ1) is 10.4. The minimum absolute atomic E-state index is 0.256. The van der Waals surface area contributed by atoms with Crippen molar-refractivity contribution in [2.75, 3.05) is 13.2 Å². The zero-order valence-electron chi connectivity index (χ0n) is 14.3. The summed E-state index contributed by atoms with van der Waals surface area (Å²) < 4.78 is 11.0. The van der Waals surface area contributed by atoms with Crippen molar-refractivity contribution in [2.45, 2.75) is 89.5 Å². The highest BCUT2D eigenvalue weighted by Crippen LogP contribution is 2.20. The number of hydrogen-bond acceptors (Lipinski definition) is 4. The number of ether oxygens (including phenoxy) is 2. The van der Waals surface area contributed by atoms with Crippen LogP contribution in [0.25, 0.3) is 0 Å². The zero-order chi connectivity index (χ0) is 16.0. The second-order valence-electron chi connectivity index (χ2n) is 7.57. The molecule has 1 aliphatic carbocycles. The van der Waals surface area contributed by atoms with Crippen LogP contribution in [0, 0.1) is 0 Å². The summed E-state index contributed by atoms with van der Waals surface area (Å²) in [5.41, 5.74) is -0.425. The molecule has 1 saturated carbocycles. The van der Waals surface area contributed by atoms with Crippen LogP contribution in [0.5, 0.6) is 0 Å². The largest absolute Gasteiger partial charge is 0.444 e. The van der Waals surface area contributed by atoms with E-state index in [1.165, 1.54) is 12.8 Å². The summed E-state index contributed by atoms with van der Waals surface area (Å²) in [6, 6.07) is 0.837. The highest BCUT2D eigenvalue weighted by atomic mass is 16.6. The molecule has 2 fully saturated rings. The van der Waals surface area contributed by atoms with Crippen LogP contribution < -0.4 is 10.6 Å². The molecule has 0 radical (unpaired) electrons. The first-order valence-electron chi connectivity index (χ1n) is 8.77. The third-order valence-electron chi connectivity index (χ3n) is 4.37. The van der Waals surface area contributed by atoms with Crippen molar-refractivity contribution in [3.05, 3.63) is 0 Å². The Hall–Kier alpha value is -0.810. The van der Waals surface area contributed by atoms with E-state index < -0.39 is 5.60 Å². The van der Waals surface area contributed by atoms with Crippen molar-refractivity contribution in [3.63, 3.8) is 0 Å². The molecule has 0 spiro atoms. The number of rotatable bonds is 5. The summed E-state index contributed by atoms with van der Waals surface area (Å²) in [7, 11) is 0. The van der Waals surface area contributed by atoms with Gasteiger partial charge in [-0.15, -0.1) is 0 Å². The van der Waals surface area contributed by atoms with Crippen LogP contribution in [0.15, 0.2) is 0 Å². The number of carbonyl (C=O) groups excluding carboxylic acids is 1. The molecular weight excluding hydrogens is 280 g/mol. The molecule has 5 heteroatoms. The fourth-order valence-electron chi connectivity index (χ4n) is 3.24. The average molecular weight is 312 g/mol. The molecule has 0 aromatic carbocycles. The van der Waals surface area contributed by atoms with E-state index >= 15 is 0 Å². The van der Waals surface area contributed by atoms with E-state index in [0.717, 1.165) is 45.3 Å². The average Bonchev–Trinajstić information content (AvgIpc) is 2.92. The molecule has 0 aromatic heterocycles.